The Balaban J connectivity index is 1.81. The third kappa shape index (κ3) is 4.34. The zero-order chi connectivity index (χ0) is 26.7. The standard InChI is InChI=1S/C28H41N3O4S/c1-25(2,3)16-26(4,5)30-23(34)21-28-14-13-27(6,36-28)19(22(33)29-7)20(28)24(35)31(21)18(15-32)17-11-9-8-10-12-17/h8-12,18-21,32H,13-16H2,1-7H3,(H,29,33)(H,30,34)/t18-,19-,20+,21?,27+,28?/m1/s1. The molecule has 3 aliphatic heterocycles. The predicted molar refractivity (Wildman–Crippen MR) is 142 cm³/mol. The van der Waals surface area contributed by atoms with Crippen molar-refractivity contribution in [3.05, 3.63) is 35.9 Å². The summed E-state index contributed by atoms with van der Waals surface area (Å²) in [4.78, 5) is 43.2. The number of hydrogen-bond acceptors (Lipinski definition) is 5. The highest BCUT2D eigenvalue weighted by molar-refractivity contribution is 8.02. The van der Waals surface area contributed by atoms with E-state index >= 15 is 0 Å². The number of nitrogens with one attached hydrogen (secondary N) is 2. The van der Waals surface area contributed by atoms with Gasteiger partial charge in [-0.05, 0) is 51.0 Å². The second-order valence-electron chi connectivity index (χ2n) is 12.8. The van der Waals surface area contributed by atoms with Crippen LogP contribution in [-0.4, -0.2) is 62.5 Å². The Morgan fingerprint density at radius 2 is 1.78 bits per heavy atom. The van der Waals surface area contributed by atoms with Gasteiger partial charge in [-0.3, -0.25) is 14.4 Å². The van der Waals surface area contributed by atoms with Crippen LogP contribution in [-0.2, 0) is 14.4 Å². The lowest BCUT2D eigenvalue weighted by atomic mass is 9.66. The molecule has 4 rings (SSSR count). The Labute approximate surface area is 219 Å². The molecule has 1 spiro atoms. The predicted octanol–water partition coefficient (Wildman–Crippen LogP) is 3.28. The van der Waals surface area contributed by atoms with Crippen molar-refractivity contribution in [3.63, 3.8) is 0 Å². The van der Waals surface area contributed by atoms with E-state index in [9.17, 15) is 19.5 Å². The van der Waals surface area contributed by atoms with Gasteiger partial charge in [0, 0.05) is 17.3 Å². The summed E-state index contributed by atoms with van der Waals surface area (Å²) in [5, 5.41) is 16.6. The minimum atomic E-state index is -0.784. The number of carbonyl (C=O) groups is 3. The normalized spacial score (nSPS) is 32.4. The molecule has 2 bridgehead atoms. The average molecular weight is 516 g/mol. The van der Waals surface area contributed by atoms with Crippen LogP contribution in [0.4, 0.5) is 0 Å². The Kier molecular flexibility index (Phi) is 6.78. The van der Waals surface area contributed by atoms with E-state index in [-0.39, 0.29) is 29.7 Å². The SMILES string of the molecule is CNC(=O)[C@H]1[C@H]2C(=O)N([C@H](CO)c3ccccc3)C(C(=O)NC(C)(C)CC(C)(C)C)C23CC[C@]1(C)S3. The summed E-state index contributed by atoms with van der Waals surface area (Å²) in [5.74, 6) is -1.70. The molecule has 0 radical (unpaired) electrons. The maximum atomic E-state index is 14.3. The largest absolute Gasteiger partial charge is 0.394 e. The average Bonchev–Trinajstić information content (AvgIpc) is 3.34. The Hall–Kier alpha value is -2.06. The molecule has 3 N–H and O–H groups in total. The summed E-state index contributed by atoms with van der Waals surface area (Å²) in [5.41, 5.74) is 0.281. The van der Waals surface area contributed by atoms with Crippen molar-refractivity contribution in [3.8, 4) is 0 Å². The van der Waals surface area contributed by atoms with Crippen LogP contribution in [0.5, 0.6) is 0 Å². The van der Waals surface area contributed by atoms with Crippen molar-refractivity contribution in [1.82, 2.24) is 15.5 Å². The molecule has 3 heterocycles. The third-order valence-electron chi connectivity index (χ3n) is 8.12. The molecule has 0 saturated carbocycles. The van der Waals surface area contributed by atoms with Gasteiger partial charge in [0.25, 0.3) is 0 Å². The minimum Gasteiger partial charge on any atom is -0.394 e. The van der Waals surface area contributed by atoms with E-state index in [2.05, 4.69) is 38.3 Å². The van der Waals surface area contributed by atoms with Gasteiger partial charge in [0.2, 0.25) is 17.7 Å². The first-order chi connectivity index (χ1) is 16.7. The molecule has 6 atom stereocenters. The van der Waals surface area contributed by atoms with Crippen molar-refractivity contribution in [2.24, 2.45) is 17.3 Å². The first-order valence-electron chi connectivity index (χ1n) is 12.9. The van der Waals surface area contributed by atoms with Gasteiger partial charge in [-0.2, -0.15) is 0 Å². The van der Waals surface area contributed by atoms with Gasteiger partial charge in [0.15, 0.2) is 0 Å². The molecule has 1 aromatic rings. The lowest BCUT2D eigenvalue weighted by Gasteiger charge is -2.40. The first kappa shape index (κ1) is 27.0. The monoisotopic (exact) mass is 515 g/mol. The zero-order valence-corrected chi connectivity index (χ0v) is 23.4. The van der Waals surface area contributed by atoms with Gasteiger partial charge in [0.1, 0.15) is 6.04 Å². The van der Waals surface area contributed by atoms with Crippen LogP contribution in [0.1, 0.15) is 72.4 Å². The number of thioether (sulfide) groups is 1. The molecule has 36 heavy (non-hydrogen) atoms. The van der Waals surface area contributed by atoms with Crippen molar-refractivity contribution in [2.75, 3.05) is 13.7 Å². The second kappa shape index (κ2) is 9.05. The molecule has 3 aliphatic rings. The molecule has 198 valence electrons. The van der Waals surface area contributed by atoms with Gasteiger partial charge in [-0.1, -0.05) is 51.1 Å². The fourth-order valence-electron chi connectivity index (χ4n) is 7.36. The van der Waals surface area contributed by atoms with Crippen molar-refractivity contribution < 1.29 is 19.5 Å². The molecular formula is C28H41N3O4S. The van der Waals surface area contributed by atoms with E-state index in [4.69, 9.17) is 0 Å². The molecule has 0 aromatic heterocycles. The van der Waals surface area contributed by atoms with Crippen molar-refractivity contribution in [1.29, 1.82) is 0 Å². The van der Waals surface area contributed by atoms with E-state index in [1.165, 1.54) is 0 Å². The summed E-state index contributed by atoms with van der Waals surface area (Å²) >= 11 is 1.64. The van der Waals surface area contributed by atoms with E-state index in [1.807, 2.05) is 44.2 Å². The quantitative estimate of drug-likeness (QED) is 0.518. The molecule has 8 heteroatoms. The molecule has 3 saturated heterocycles. The topological polar surface area (TPSA) is 98.7 Å². The molecule has 1 aromatic carbocycles. The van der Waals surface area contributed by atoms with E-state index in [0.717, 1.165) is 18.4 Å². The highest BCUT2D eigenvalue weighted by Crippen LogP contribution is 2.72. The molecule has 0 aliphatic carbocycles. The summed E-state index contributed by atoms with van der Waals surface area (Å²) in [7, 11) is 1.60. The number of likely N-dealkylation sites (tertiary alicyclic amines) is 1. The Morgan fingerprint density at radius 1 is 1.14 bits per heavy atom. The Bertz CT molecular complexity index is 1040. The smallest absolute Gasteiger partial charge is 0.244 e. The number of carbonyl (C=O) groups excluding carboxylic acids is 3. The molecular weight excluding hydrogens is 474 g/mol. The first-order valence-corrected chi connectivity index (χ1v) is 13.7. The van der Waals surface area contributed by atoms with Crippen molar-refractivity contribution >= 4 is 29.5 Å². The van der Waals surface area contributed by atoms with Gasteiger partial charge < -0.3 is 20.6 Å². The summed E-state index contributed by atoms with van der Waals surface area (Å²) < 4.78 is -1.12. The number of nitrogens with zero attached hydrogens (tertiary/aromatic N) is 1. The van der Waals surface area contributed by atoms with Gasteiger partial charge in [0.05, 0.1) is 29.2 Å². The number of hydrogen-bond donors (Lipinski definition) is 3. The van der Waals surface area contributed by atoms with Crippen LogP contribution in [0.25, 0.3) is 0 Å². The lowest BCUT2D eigenvalue weighted by molar-refractivity contribution is -0.143. The highest BCUT2D eigenvalue weighted by Gasteiger charge is 2.77. The van der Waals surface area contributed by atoms with Gasteiger partial charge in [-0.15, -0.1) is 11.8 Å². The molecule has 3 amide bonds. The fourth-order valence-corrected chi connectivity index (χ4v) is 9.70. The molecule has 7 nitrogen and oxygen atoms in total. The minimum absolute atomic E-state index is 0.00118. The maximum absolute atomic E-state index is 14.3. The number of aliphatic hydroxyl groups is 1. The maximum Gasteiger partial charge on any atom is 0.244 e. The van der Waals surface area contributed by atoms with Crippen LogP contribution >= 0.6 is 11.8 Å². The van der Waals surface area contributed by atoms with Crippen molar-refractivity contribution in [2.45, 2.75) is 87.9 Å². The summed E-state index contributed by atoms with van der Waals surface area (Å²) in [6, 6.07) is 7.92. The lowest BCUT2D eigenvalue weighted by Crippen LogP contribution is -2.59. The van der Waals surface area contributed by atoms with Crippen LogP contribution in [0.2, 0.25) is 0 Å². The number of benzene rings is 1. The van der Waals surface area contributed by atoms with Crippen LogP contribution in [0.15, 0.2) is 30.3 Å². The third-order valence-corrected chi connectivity index (χ3v) is 10.1. The number of rotatable bonds is 7. The van der Waals surface area contributed by atoms with Crippen LogP contribution < -0.4 is 10.6 Å². The highest BCUT2D eigenvalue weighted by atomic mass is 32.2. The number of fused-ring (bicyclic) bond motifs is 1. The summed E-state index contributed by atoms with van der Waals surface area (Å²) in [6.07, 6.45) is 2.20. The van der Waals surface area contributed by atoms with Gasteiger partial charge >= 0.3 is 0 Å². The summed E-state index contributed by atoms with van der Waals surface area (Å²) in [6.45, 7) is 12.2. The van der Waals surface area contributed by atoms with Crippen LogP contribution in [0, 0.1) is 17.3 Å². The van der Waals surface area contributed by atoms with E-state index < -0.39 is 39.0 Å². The number of aliphatic hydroxyl groups excluding tert-OH is 1. The van der Waals surface area contributed by atoms with Crippen LogP contribution in [0.3, 0.4) is 0 Å². The van der Waals surface area contributed by atoms with E-state index in [1.54, 1.807) is 23.7 Å². The fraction of sp³-hybridized carbons (Fsp3) is 0.679. The zero-order valence-electron chi connectivity index (χ0n) is 22.6. The van der Waals surface area contributed by atoms with E-state index in [0.29, 0.717) is 6.42 Å². The Morgan fingerprint density at radius 3 is 2.33 bits per heavy atom. The van der Waals surface area contributed by atoms with Gasteiger partial charge in [-0.25, -0.2) is 0 Å². The number of amides is 3. The molecule has 3 fully saturated rings. The molecule has 2 unspecified atom stereocenters. The second-order valence-corrected chi connectivity index (χ2v) is 14.7.